The minimum absolute atomic E-state index is 0.0120. The number of carbonyl (C=O) groups excluding carboxylic acids is 3. The van der Waals surface area contributed by atoms with Crippen molar-refractivity contribution in [2.24, 2.45) is 0 Å². The van der Waals surface area contributed by atoms with Crippen LogP contribution in [0.2, 0.25) is 25.7 Å². The average Bonchev–Trinajstić information content (AvgIpc) is 3.19. The van der Waals surface area contributed by atoms with E-state index in [1.54, 1.807) is 20.8 Å². The average molecular weight is 828 g/mol. The van der Waals surface area contributed by atoms with E-state index in [9.17, 15) is 24.6 Å². The summed E-state index contributed by atoms with van der Waals surface area (Å²) in [6, 6.07) is 34.6. The molecule has 4 aromatic carbocycles. The van der Waals surface area contributed by atoms with Gasteiger partial charge in [-0.3, -0.25) is 0 Å². The first-order valence-corrected chi connectivity index (χ1v) is 23.8. The maximum atomic E-state index is 13.8. The predicted molar refractivity (Wildman–Crippen MR) is 231 cm³/mol. The summed E-state index contributed by atoms with van der Waals surface area (Å²) in [6.07, 6.45) is -4.50. The van der Waals surface area contributed by atoms with Crippen LogP contribution < -0.4 is 15.4 Å². The Kier molecular flexibility index (Phi) is 17.8. The van der Waals surface area contributed by atoms with Crippen molar-refractivity contribution in [1.29, 1.82) is 0 Å². The Morgan fingerprint density at radius 2 is 1.08 bits per heavy atom. The van der Waals surface area contributed by atoms with Crippen LogP contribution in [-0.2, 0) is 40.3 Å². The summed E-state index contributed by atoms with van der Waals surface area (Å²) in [7, 11) is -1.59. The summed E-state index contributed by atoms with van der Waals surface area (Å²) in [5, 5.41) is 29.2. The Hall–Kier alpha value is -5.37. The molecule has 13 heteroatoms. The highest BCUT2D eigenvalue weighted by Crippen LogP contribution is 2.18. The maximum Gasteiger partial charge on any atom is 0.409 e. The summed E-state index contributed by atoms with van der Waals surface area (Å²) in [6.45, 7) is 11.6. The van der Waals surface area contributed by atoms with E-state index in [0.717, 1.165) is 22.3 Å². The van der Waals surface area contributed by atoms with Gasteiger partial charge in [0, 0.05) is 8.07 Å². The Morgan fingerprint density at radius 1 is 0.627 bits per heavy atom. The summed E-state index contributed by atoms with van der Waals surface area (Å²) in [5.41, 5.74) is 2.64. The van der Waals surface area contributed by atoms with Crippen molar-refractivity contribution < 1.29 is 43.5 Å². The van der Waals surface area contributed by atoms with Gasteiger partial charge in [0.05, 0.1) is 44.0 Å². The molecule has 4 N–H and O–H groups in total. The molecule has 59 heavy (non-hydrogen) atoms. The third-order valence-corrected chi connectivity index (χ3v) is 10.9. The topological polar surface area (TPSA) is 156 Å². The van der Waals surface area contributed by atoms with Gasteiger partial charge in [0.25, 0.3) is 0 Å². The molecule has 318 valence electrons. The highest BCUT2D eigenvalue weighted by molar-refractivity contribution is 6.76. The molecule has 0 fully saturated rings. The van der Waals surface area contributed by atoms with Crippen LogP contribution in [0.15, 0.2) is 115 Å². The number of aliphatic hydroxyl groups is 2. The molecule has 0 aliphatic carbocycles. The number of aliphatic hydroxyl groups excluding tert-OH is 2. The van der Waals surface area contributed by atoms with Crippen LogP contribution in [-0.4, -0.2) is 91.1 Å². The lowest BCUT2D eigenvalue weighted by Gasteiger charge is -2.33. The molecular weight excluding hydrogens is 767 g/mol. The number of nitrogens with zero attached hydrogens (tertiary/aromatic N) is 1. The lowest BCUT2D eigenvalue weighted by Crippen LogP contribution is -2.55. The maximum absolute atomic E-state index is 13.8. The molecule has 0 saturated carbocycles. The fraction of sp³-hybridized carbons (Fsp3) is 0.413. The lowest BCUT2D eigenvalue weighted by atomic mass is 9.99. The van der Waals surface area contributed by atoms with Gasteiger partial charge >= 0.3 is 18.3 Å². The molecule has 3 amide bonds. The highest BCUT2D eigenvalue weighted by atomic mass is 28.3. The van der Waals surface area contributed by atoms with Crippen LogP contribution in [0, 0.1) is 0 Å². The van der Waals surface area contributed by atoms with Crippen molar-refractivity contribution >= 4 is 26.4 Å². The fourth-order valence-electron chi connectivity index (χ4n) is 5.99. The van der Waals surface area contributed by atoms with E-state index >= 15 is 0 Å². The number of hydrogen-bond acceptors (Lipinski definition) is 9. The molecule has 0 aromatic heterocycles. The van der Waals surface area contributed by atoms with Gasteiger partial charge < -0.3 is 44.7 Å². The van der Waals surface area contributed by atoms with E-state index in [0.29, 0.717) is 18.4 Å². The Labute approximate surface area is 349 Å². The van der Waals surface area contributed by atoms with Gasteiger partial charge in [0.1, 0.15) is 24.6 Å². The van der Waals surface area contributed by atoms with Crippen LogP contribution in [0.3, 0.4) is 0 Å². The quantitative estimate of drug-likeness (QED) is 0.0517. The molecule has 12 nitrogen and oxygen atoms in total. The smallest absolute Gasteiger partial charge is 0.409 e. The van der Waals surface area contributed by atoms with Crippen LogP contribution >= 0.6 is 0 Å². The predicted octanol–water partition coefficient (Wildman–Crippen LogP) is 7.74. The van der Waals surface area contributed by atoms with E-state index < -0.39 is 56.2 Å². The fourth-order valence-corrected chi connectivity index (χ4v) is 6.71. The summed E-state index contributed by atoms with van der Waals surface area (Å²) in [4.78, 5) is 41.3. The van der Waals surface area contributed by atoms with Crippen molar-refractivity contribution in [2.45, 2.75) is 102 Å². The zero-order valence-electron chi connectivity index (χ0n) is 35.1. The second kappa shape index (κ2) is 22.7. The number of rotatable bonds is 20. The zero-order valence-corrected chi connectivity index (χ0v) is 36.1. The van der Waals surface area contributed by atoms with Crippen molar-refractivity contribution in [3.05, 3.63) is 138 Å². The summed E-state index contributed by atoms with van der Waals surface area (Å²) in [5.74, 6) is 0.649. The Balaban J connectivity index is 1.56. The zero-order chi connectivity index (χ0) is 42.8. The molecule has 0 heterocycles. The molecule has 0 radical (unpaired) electrons. The van der Waals surface area contributed by atoms with E-state index in [-0.39, 0.29) is 39.1 Å². The van der Waals surface area contributed by atoms with E-state index in [1.165, 1.54) is 4.90 Å². The molecule has 0 aliphatic rings. The molecule has 0 aliphatic heterocycles. The number of benzene rings is 4. The van der Waals surface area contributed by atoms with Gasteiger partial charge in [-0.1, -0.05) is 123 Å². The van der Waals surface area contributed by atoms with E-state index in [2.05, 4.69) is 30.3 Å². The van der Waals surface area contributed by atoms with E-state index in [1.807, 2.05) is 115 Å². The minimum Gasteiger partial charge on any atom is -0.489 e. The number of nitrogens with one attached hydrogen (secondary N) is 2. The second-order valence-electron chi connectivity index (χ2n) is 16.8. The number of amides is 3. The number of alkyl carbamates (subject to hydrolysis) is 2. The third-order valence-electron chi connectivity index (χ3n) is 9.22. The Morgan fingerprint density at radius 3 is 1.58 bits per heavy atom. The first-order chi connectivity index (χ1) is 28.0. The van der Waals surface area contributed by atoms with Gasteiger partial charge in [-0.05, 0) is 74.0 Å². The van der Waals surface area contributed by atoms with Gasteiger partial charge in [0.2, 0.25) is 0 Å². The van der Waals surface area contributed by atoms with Gasteiger partial charge in [-0.25, -0.2) is 14.4 Å². The van der Waals surface area contributed by atoms with Gasteiger partial charge in [-0.15, -0.1) is 0 Å². The number of ether oxygens (including phenoxy) is 4. The van der Waals surface area contributed by atoms with Crippen LogP contribution in [0.5, 0.6) is 5.75 Å². The molecule has 4 atom stereocenters. The van der Waals surface area contributed by atoms with Gasteiger partial charge in [0.15, 0.2) is 0 Å². The minimum atomic E-state index is -1.59. The standard InChI is InChI=1S/C46H61N3O9Si/c1-46(2,3)58-44(53)48-40(28-34-16-10-7-11-17-34)42(51)31-49(45(54)55-26-27-59(4,5)6)30-41(50)39(47-43(52)57-33-37-20-14-9-15-21-37)29-35-22-24-38(25-23-35)56-32-36-18-12-8-13-19-36/h7-25,39-42,50-51H,26-33H2,1-6H3,(H,47,52)(H,48,53)/t39-,40-,41+,42+/m0/s1. The second-order valence-corrected chi connectivity index (χ2v) is 22.5. The molecule has 0 spiro atoms. The molecule has 4 aromatic rings. The molecule has 0 unspecified atom stereocenters. The molecule has 0 saturated heterocycles. The Bertz CT molecular complexity index is 1850. The van der Waals surface area contributed by atoms with Gasteiger partial charge in [-0.2, -0.15) is 0 Å². The first-order valence-electron chi connectivity index (χ1n) is 20.1. The first kappa shape index (κ1) is 46.3. The van der Waals surface area contributed by atoms with Crippen LogP contribution in [0.4, 0.5) is 14.4 Å². The molecular formula is C46H61N3O9Si. The van der Waals surface area contributed by atoms with Crippen molar-refractivity contribution in [3.8, 4) is 5.75 Å². The van der Waals surface area contributed by atoms with Crippen molar-refractivity contribution in [1.82, 2.24) is 15.5 Å². The van der Waals surface area contributed by atoms with Crippen molar-refractivity contribution in [3.63, 3.8) is 0 Å². The summed E-state index contributed by atoms with van der Waals surface area (Å²) < 4.78 is 22.7. The SMILES string of the molecule is CC(C)(C)OC(=O)N[C@@H](Cc1ccccc1)[C@H](O)CN(C[C@@H](O)[C@H](Cc1ccc(OCc2ccccc2)cc1)NC(=O)OCc1ccccc1)C(=O)OCC[Si](C)(C)C. The van der Waals surface area contributed by atoms with Crippen LogP contribution in [0.1, 0.15) is 43.0 Å². The largest absolute Gasteiger partial charge is 0.489 e. The number of carbonyl (C=O) groups is 3. The molecule has 4 rings (SSSR count). The monoisotopic (exact) mass is 827 g/mol. The highest BCUT2D eigenvalue weighted by Gasteiger charge is 2.32. The normalized spacial score (nSPS) is 13.6. The molecule has 0 bridgehead atoms. The third kappa shape index (κ3) is 18.0. The van der Waals surface area contributed by atoms with Crippen LogP contribution in [0.25, 0.3) is 0 Å². The number of hydrogen-bond donors (Lipinski definition) is 4. The lowest BCUT2D eigenvalue weighted by molar-refractivity contribution is 0.0216. The van der Waals surface area contributed by atoms with E-state index in [4.69, 9.17) is 18.9 Å². The van der Waals surface area contributed by atoms with Crippen molar-refractivity contribution in [2.75, 3.05) is 19.7 Å². The summed E-state index contributed by atoms with van der Waals surface area (Å²) >= 11 is 0.